The van der Waals surface area contributed by atoms with Gasteiger partial charge in [-0.3, -0.25) is 0 Å². The molecule has 0 bridgehead atoms. The molecule has 9 heteroatoms. The van der Waals surface area contributed by atoms with Crippen LogP contribution in [0.2, 0.25) is 5.02 Å². The van der Waals surface area contributed by atoms with Gasteiger partial charge in [0.2, 0.25) is 10.0 Å². The number of piperazine rings is 1. The van der Waals surface area contributed by atoms with Gasteiger partial charge in [-0.15, -0.1) is 0 Å². The monoisotopic (exact) mass is 445 g/mol. The van der Waals surface area contributed by atoms with E-state index in [0.717, 1.165) is 22.9 Å². The van der Waals surface area contributed by atoms with Crippen molar-refractivity contribution in [1.82, 2.24) is 19.1 Å². The number of halogens is 1. The van der Waals surface area contributed by atoms with Crippen LogP contribution in [0.4, 0.5) is 5.69 Å². The van der Waals surface area contributed by atoms with Crippen molar-refractivity contribution < 1.29 is 8.42 Å². The Labute approximate surface area is 182 Å². The standard InChI is InChI=1S/C21H24ClN5O2S/c1-15-7-8-18(22)14-19(15)30(28,29)26-12-10-25(11-13-26)21-16(2)24-27(17(21)3)20-6-4-5-9-23-20/h4-9,14H,10-13H2,1-3H3. The number of aryl methyl sites for hydroxylation is 2. The highest BCUT2D eigenvalue weighted by Crippen LogP contribution is 2.29. The Balaban J connectivity index is 1.56. The van der Waals surface area contributed by atoms with E-state index in [1.165, 1.54) is 10.4 Å². The van der Waals surface area contributed by atoms with E-state index in [0.29, 0.717) is 36.8 Å². The van der Waals surface area contributed by atoms with Gasteiger partial charge in [-0.2, -0.15) is 9.40 Å². The quantitative estimate of drug-likeness (QED) is 0.615. The second kappa shape index (κ2) is 8.02. The summed E-state index contributed by atoms with van der Waals surface area (Å²) in [6.07, 6.45) is 1.74. The Bertz CT molecular complexity index is 1170. The number of aromatic nitrogens is 3. The van der Waals surface area contributed by atoms with Gasteiger partial charge in [0, 0.05) is 37.4 Å². The summed E-state index contributed by atoms with van der Waals surface area (Å²) in [5.41, 5.74) is 3.63. The van der Waals surface area contributed by atoms with Crippen LogP contribution < -0.4 is 4.90 Å². The fourth-order valence-electron chi connectivity index (χ4n) is 3.94. The molecule has 0 N–H and O–H groups in total. The third kappa shape index (κ3) is 3.71. The fraction of sp³-hybridized carbons (Fsp3) is 0.333. The number of pyridine rings is 1. The van der Waals surface area contributed by atoms with Gasteiger partial charge in [0.15, 0.2) is 5.82 Å². The molecule has 0 amide bonds. The Morgan fingerprint density at radius 1 is 1.00 bits per heavy atom. The summed E-state index contributed by atoms with van der Waals surface area (Å²) in [4.78, 5) is 6.87. The van der Waals surface area contributed by atoms with Crippen molar-refractivity contribution in [2.45, 2.75) is 25.7 Å². The molecule has 0 spiro atoms. The molecule has 0 radical (unpaired) electrons. The lowest BCUT2D eigenvalue weighted by Gasteiger charge is -2.35. The minimum atomic E-state index is -3.59. The highest BCUT2D eigenvalue weighted by molar-refractivity contribution is 7.89. The molecule has 1 aromatic carbocycles. The summed E-state index contributed by atoms with van der Waals surface area (Å²) >= 11 is 6.05. The van der Waals surface area contributed by atoms with Gasteiger partial charge in [0.1, 0.15) is 0 Å². The van der Waals surface area contributed by atoms with Gasteiger partial charge in [0.25, 0.3) is 0 Å². The molecule has 0 saturated carbocycles. The van der Waals surface area contributed by atoms with Crippen molar-refractivity contribution >= 4 is 27.3 Å². The number of benzene rings is 1. The van der Waals surface area contributed by atoms with Crippen LogP contribution in [0.1, 0.15) is 17.0 Å². The van der Waals surface area contributed by atoms with Gasteiger partial charge in [0.05, 0.1) is 22.0 Å². The maximum Gasteiger partial charge on any atom is 0.243 e. The van der Waals surface area contributed by atoms with E-state index in [-0.39, 0.29) is 4.90 Å². The van der Waals surface area contributed by atoms with Crippen LogP contribution >= 0.6 is 11.6 Å². The minimum Gasteiger partial charge on any atom is -0.366 e. The minimum absolute atomic E-state index is 0.277. The Morgan fingerprint density at radius 2 is 1.73 bits per heavy atom. The van der Waals surface area contributed by atoms with Crippen molar-refractivity contribution in [3.8, 4) is 5.82 Å². The molecule has 0 unspecified atom stereocenters. The second-order valence-corrected chi connectivity index (χ2v) is 9.76. The van der Waals surface area contributed by atoms with E-state index in [2.05, 4.69) is 15.0 Å². The highest BCUT2D eigenvalue weighted by atomic mass is 35.5. The third-order valence-electron chi connectivity index (χ3n) is 5.44. The molecule has 4 rings (SSSR count). The lowest BCUT2D eigenvalue weighted by atomic mass is 10.2. The summed E-state index contributed by atoms with van der Waals surface area (Å²) < 4.78 is 29.7. The first-order valence-electron chi connectivity index (χ1n) is 9.78. The topological polar surface area (TPSA) is 71.3 Å². The van der Waals surface area contributed by atoms with Gasteiger partial charge >= 0.3 is 0 Å². The number of anilines is 1. The normalized spacial score (nSPS) is 15.5. The molecule has 1 aliphatic rings. The first-order valence-corrected chi connectivity index (χ1v) is 11.6. The first kappa shape index (κ1) is 20.8. The number of nitrogens with zero attached hydrogens (tertiary/aromatic N) is 5. The van der Waals surface area contributed by atoms with Gasteiger partial charge in [-0.1, -0.05) is 23.7 Å². The zero-order chi connectivity index (χ0) is 21.5. The maximum absolute atomic E-state index is 13.2. The van der Waals surface area contributed by atoms with Crippen LogP contribution in [0.5, 0.6) is 0 Å². The fourth-order valence-corrected chi connectivity index (χ4v) is 5.85. The molecule has 0 aliphatic carbocycles. The third-order valence-corrected chi connectivity index (χ3v) is 7.72. The van der Waals surface area contributed by atoms with E-state index in [1.807, 2.05) is 36.7 Å². The zero-order valence-electron chi connectivity index (χ0n) is 17.2. The van der Waals surface area contributed by atoms with E-state index >= 15 is 0 Å². The van der Waals surface area contributed by atoms with E-state index < -0.39 is 10.0 Å². The largest absolute Gasteiger partial charge is 0.366 e. The lowest BCUT2D eigenvalue weighted by molar-refractivity contribution is 0.384. The smallest absolute Gasteiger partial charge is 0.243 e. The maximum atomic E-state index is 13.2. The SMILES string of the molecule is Cc1ccc(Cl)cc1S(=O)(=O)N1CCN(c2c(C)nn(-c3ccccn3)c2C)CC1. The average molecular weight is 446 g/mol. The number of sulfonamides is 1. The van der Waals surface area contributed by atoms with Crippen LogP contribution in [0.15, 0.2) is 47.5 Å². The molecule has 3 heterocycles. The summed E-state index contributed by atoms with van der Waals surface area (Å²) in [5, 5.41) is 5.08. The zero-order valence-corrected chi connectivity index (χ0v) is 18.8. The molecule has 3 aromatic rings. The Morgan fingerprint density at radius 3 is 2.40 bits per heavy atom. The molecule has 158 valence electrons. The number of hydrogen-bond donors (Lipinski definition) is 0. The van der Waals surface area contributed by atoms with Crippen LogP contribution in [-0.2, 0) is 10.0 Å². The van der Waals surface area contributed by atoms with Crippen LogP contribution in [-0.4, -0.2) is 53.7 Å². The summed E-state index contributed by atoms with van der Waals surface area (Å²) in [6, 6.07) is 10.7. The van der Waals surface area contributed by atoms with Gasteiger partial charge in [-0.05, 0) is 50.6 Å². The number of hydrogen-bond acceptors (Lipinski definition) is 5. The highest BCUT2D eigenvalue weighted by Gasteiger charge is 2.31. The molecule has 1 fully saturated rings. The molecule has 0 atom stereocenters. The van der Waals surface area contributed by atoms with Crippen LogP contribution in [0.25, 0.3) is 5.82 Å². The average Bonchev–Trinajstić information content (AvgIpc) is 3.04. The molecular formula is C21H24ClN5O2S. The summed E-state index contributed by atoms with van der Waals surface area (Å²) in [6.45, 7) is 7.77. The van der Waals surface area contributed by atoms with Crippen molar-refractivity contribution in [1.29, 1.82) is 0 Å². The van der Waals surface area contributed by atoms with E-state index in [1.54, 1.807) is 25.3 Å². The van der Waals surface area contributed by atoms with Crippen molar-refractivity contribution in [3.05, 3.63) is 64.6 Å². The van der Waals surface area contributed by atoms with Crippen molar-refractivity contribution in [2.24, 2.45) is 0 Å². The summed E-state index contributed by atoms with van der Waals surface area (Å²) in [7, 11) is -3.59. The number of rotatable bonds is 4. The van der Waals surface area contributed by atoms with E-state index in [9.17, 15) is 8.42 Å². The predicted molar refractivity (Wildman–Crippen MR) is 118 cm³/mol. The van der Waals surface area contributed by atoms with Gasteiger partial charge in [-0.25, -0.2) is 18.1 Å². The molecular weight excluding hydrogens is 422 g/mol. The van der Waals surface area contributed by atoms with Crippen molar-refractivity contribution in [2.75, 3.05) is 31.1 Å². The Hall–Kier alpha value is -2.42. The summed E-state index contributed by atoms with van der Waals surface area (Å²) in [5.74, 6) is 0.766. The molecule has 30 heavy (non-hydrogen) atoms. The molecule has 7 nitrogen and oxygen atoms in total. The van der Waals surface area contributed by atoms with Crippen LogP contribution in [0, 0.1) is 20.8 Å². The Kier molecular flexibility index (Phi) is 5.57. The first-order chi connectivity index (χ1) is 14.3. The second-order valence-electron chi connectivity index (χ2n) is 7.42. The molecule has 1 aliphatic heterocycles. The molecule has 1 saturated heterocycles. The predicted octanol–water partition coefficient (Wildman–Crippen LogP) is 3.36. The lowest BCUT2D eigenvalue weighted by Crippen LogP contribution is -2.49. The van der Waals surface area contributed by atoms with Crippen molar-refractivity contribution in [3.63, 3.8) is 0 Å². The molecule has 2 aromatic heterocycles. The van der Waals surface area contributed by atoms with Gasteiger partial charge < -0.3 is 4.90 Å². The van der Waals surface area contributed by atoms with E-state index in [4.69, 9.17) is 11.6 Å². The van der Waals surface area contributed by atoms with Crippen LogP contribution in [0.3, 0.4) is 0 Å².